The second-order valence-corrected chi connectivity index (χ2v) is 7.65. The van der Waals surface area contributed by atoms with Crippen LogP contribution in [0.1, 0.15) is 49.5 Å². The molecule has 6 heteroatoms. The van der Waals surface area contributed by atoms with Gasteiger partial charge in [0, 0.05) is 25.2 Å². The number of nitrogens with one attached hydrogen (secondary N) is 1. The zero-order valence-corrected chi connectivity index (χ0v) is 16.1. The van der Waals surface area contributed by atoms with Crippen molar-refractivity contribution in [2.45, 2.75) is 57.2 Å². The molecule has 0 spiro atoms. The van der Waals surface area contributed by atoms with Crippen LogP contribution in [0.2, 0.25) is 0 Å². The van der Waals surface area contributed by atoms with Crippen LogP contribution in [0.25, 0.3) is 5.69 Å². The number of amides is 1. The highest BCUT2D eigenvalue weighted by molar-refractivity contribution is 5.95. The monoisotopic (exact) mass is 368 g/mol. The number of para-hydroxylation sites is 1. The summed E-state index contributed by atoms with van der Waals surface area (Å²) in [6.07, 6.45) is 7.18. The lowest BCUT2D eigenvalue weighted by Gasteiger charge is -2.35. The Balaban J connectivity index is 1.58. The van der Waals surface area contributed by atoms with Crippen molar-refractivity contribution in [2.24, 2.45) is 0 Å². The molecule has 144 valence electrons. The molecule has 2 bridgehead atoms. The molecule has 2 aliphatic heterocycles. The molecule has 6 nitrogen and oxygen atoms in total. The molecule has 1 aromatic carbocycles. The highest BCUT2D eigenvalue weighted by atomic mass is 16.5. The smallest absolute Gasteiger partial charge is 0.278 e. The molecule has 2 atom stereocenters. The van der Waals surface area contributed by atoms with Crippen molar-refractivity contribution in [2.75, 3.05) is 13.7 Å². The molecule has 2 saturated heterocycles. The summed E-state index contributed by atoms with van der Waals surface area (Å²) in [4.78, 5) is 15.1. The van der Waals surface area contributed by atoms with Crippen molar-refractivity contribution in [1.82, 2.24) is 20.0 Å². The lowest BCUT2D eigenvalue weighted by molar-refractivity contribution is 0.0671. The van der Waals surface area contributed by atoms with Crippen molar-refractivity contribution < 1.29 is 9.53 Å². The molecule has 0 aliphatic carbocycles. The lowest BCUT2D eigenvalue weighted by atomic mass is 9.98. The largest absolute Gasteiger partial charge is 0.489 e. The average molecular weight is 368 g/mol. The minimum absolute atomic E-state index is 0.0536. The maximum absolute atomic E-state index is 13.3. The van der Waals surface area contributed by atoms with E-state index in [1.54, 1.807) is 4.68 Å². The zero-order valence-electron chi connectivity index (χ0n) is 16.1. The van der Waals surface area contributed by atoms with Crippen molar-refractivity contribution in [3.05, 3.63) is 42.2 Å². The Morgan fingerprint density at radius 3 is 2.63 bits per heavy atom. The molecule has 4 rings (SSSR count). The first kappa shape index (κ1) is 18.0. The van der Waals surface area contributed by atoms with Crippen molar-refractivity contribution in [3.8, 4) is 11.4 Å². The van der Waals surface area contributed by atoms with Gasteiger partial charge in [-0.1, -0.05) is 25.1 Å². The standard InChI is InChI=1S/C21H28N4O2/c1-3-11-27-19-14-25(17-7-5-4-6-8-17)23-20(19)21(26)24(2)18-12-15-9-10-16(13-18)22-15/h4-8,14-16,18,22H,3,9-13H2,1-2H3. The number of carbonyl (C=O) groups is 1. The fourth-order valence-electron chi connectivity index (χ4n) is 4.21. The molecular formula is C21H28N4O2. The van der Waals surface area contributed by atoms with Gasteiger partial charge >= 0.3 is 0 Å². The van der Waals surface area contributed by atoms with Crippen LogP contribution in [0.15, 0.2) is 36.5 Å². The van der Waals surface area contributed by atoms with Crippen LogP contribution in [0.4, 0.5) is 0 Å². The number of rotatable bonds is 6. The third-order valence-electron chi connectivity index (χ3n) is 5.68. The number of ether oxygens (including phenoxy) is 1. The van der Waals surface area contributed by atoms with Gasteiger partial charge in [0.25, 0.3) is 5.91 Å². The Hall–Kier alpha value is -2.34. The normalized spacial score (nSPS) is 24.0. The summed E-state index contributed by atoms with van der Waals surface area (Å²) in [6, 6.07) is 11.2. The second-order valence-electron chi connectivity index (χ2n) is 7.65. The first-order valence-corrected chi connectivity index (χ1v) is 9.96. The molecule has 1 amide bonds. The molecule has 1 aromatic heterocycles. The predicted octanol–water partition coefficient (Wildman–Crippen LogP) is 3.02. The Morgan fingerprint density at radius 1 is 1.26 bits per heavy atom. The molecule has 3 heterocycles. The van der Waals surface area contributed by atoms with E-state index in [-0.39, 0.29) is 11.9 Å². The molecule has 27 heavy (non-hydrogen) atoms. The number of hydrogen-bond donors (Lipinski definition) is 1. The van der Waals surface area contributed by atoms with Crippen molar-refractivity contribution in [3.63, 3.8) is 0 Å². The number of benzene rings is 1. The number of fused-ring (bicyclic) bond motifs is 2. The van der Waals surface area contributed by atoms with Gasteiger partial charge in [-0.15, -0.1) is 0 Å². The Bertz CT molecular complexity index is 777. The van der Waals surface area contributed by atoms with E-state index in [1.165, 1.54) is 12.8 Å². The summed E-state index contributed by atoms with van der Waals surface area (Å²) in [7, 11) is 1.91. The fraction of sp³-hybridized carbons (Fsp3) is 0.524. The van der Waals surface area contributed by atoms with Crippen LogP contribution in [0.3, 0.4) is 0 Å². The third kappa shape index (κ3) is 3.72. The third-order valence-corrected chi connectivity index (χ3v) is 5.68. The molecule has 0 radical (unpaired) electrons. The molecule has 2 aliphatic rings. The topological polar surface area (TPSA) is 59.4 Å². The van der Waals surface area contributed by atoms with E-state index in [2.05, 4.69) is 17.3 Å². The van der Waals surface area contributed by atoms with Gasteiger partial charge in [0.15, 0.2) is 11.4 Å². The predicted molar refractivity (Wildman–Crippen MR) is 104 cm³/mol. The number of hydrogen-bond acceptors (Lipinski definition) is 4. The van der Waals surface area contributed by atoms with Gasteiger partial charge in [0.1, 0.15) is 0 Å². The van der Waals surface area contributed by atoms with E-state index in [0.29, 0.717) is 30.1 Å². The molecule has 2 unspecified atom stereocenters. The molecule has 2 fully saturated rings. The summed E-state index contributed by atoms with van der Waals surface area (Å²) in [5, 5.41) is 8.22. The van der Waals surface area contributed by atoms with Crippen LogP contribution in [0, 0.1) is 0 Å². The van der Waals surface area contributed by atoms with Gasteiger partial charge in [0.2, 0.25) is 0 Å². The molecule has 0 saturated carbocycles. The summed E-state index contributed by atoms with van der Waals surface area (Å²) in [6.45, 7) is 2.63. The van der Waals surface area contributed by atoms with Gasteiger partial charge < -0.3 is 15.0 Å². The van der Waals surface area contributed by atoms with Gasteiger partial charge in [-0.25, -0.2) is 4.68 Å². The van der Waals surface area contributed by atoms with E-state index in [4.69, 9.17) is 4.74 Å². The zero-order chi connectivity index (χ0) is 18.8. The first-order chi connectivity index (χ1) is 13.2. The Labute approximate surface area is 160 Å². The SMILES string of the molecule is CCCOc1cn(-c2ccccc2)nc1C(=O)N(C)C1CC2CCC(C1)N2. The quantitative estimate of drug-likeness (QED) is 0.851. The van der Waals surface area contributed by atoms with Crippen LogP contribution in [0.5, 0.6) is 5.75 Å². The number of aromatic nitrogens is 2. The maximum atomic E-state index is 13.3. The Kier molecular flexibility index (Phi) is 5.16. The first-order valence-electron chi connectivity index (χ1n) is 9.96. The summed E-state index contributed by atoms with van der Waals surface area (Å²) in [5.41, 5.74) is 1.32. The van der Waals surface area contributed by atoms with Crippen molar-refractivity contribution in [1.29, 1.82) is 0 Å². The summed E-state index contributed by atoms with van der Waals surface area (Å²) < 4.78 is 7.59. The molecule has 2 aromatic rings. The van der Waals surface area contributed by atoms with Crippen LogP contribution in [-0.2, 0) is 0 Å². The van der Waals surface area contributed by atoms with Gasteiger partial charge in [0.05, 0.1) is 18.5 Å². The highest BCUT2D eigenvalue weighted by Crippen LogP contribution is 2.31. The van der Waals surface area contributed by atoms with E-state index < -0.39 is 0 Å². The van der Waals surface area contributed by atoms with E-state index in [1.807, 2.05) is 48.5 Å². The van der Waals surface area contributed by atoms with E-state index in [0.717, 1.165) is 24.9 Å². The van der Waals surface area contributed by atoms with Gasteiger partial charge in [-0.05, 0) is 44.2 Å². The molecule has 1 N–H and O–H groups in total. The van der Waals surface area contributed by atoms with Crippen LogP contribution in [-0.4, -0.2) is 52.4 Å². The summed E-state index contributed by atoms with van der Waals surface area (Å²) >= 11 is 0. The second kappa shape index (κ2) is 7.72. The minimum Gasteiger partial charge on any atom is -0.489 e. The average Bonchev–Trinajstić information content (AvgIpc) is 3.28. The minimum atomic E-state index is -0.0536. The van der Waals surface area contributed by atoms with Gasteiger partial charge in [-0.3, -0.25) is 4.79 Å². The summed E-state index contributed by atoms with van der Waals surface area (Å²) in [5.74, 6) is 0.511. The highest BCUT2D eigenvalue weighted by Gasteiger charge is 2.37. The lowest BCUT2D eigenvalue weighted by Crippen LogP contribution is -2.48. The fourth-order valence-corrected chi connectivity index (χ4v) is 4.21. The molecular weight excluding hydrogens is 340 g/mol. The van der Waals surface area contributed by atoms with Crippen molar-refractivity contribution >= 4 is 5.91 Å². The number of nitrogens with zero attached hydrogens (tertiary/aromatic N) is 3. The van der Waals surface area contributed by atoms with E-state index in [9.17, 15) is 4.79 Å². The number of carbonyl (C=O) groups excluding carboxylic acids is 1. The van der Waals surface area contributed by atoms with Gasteiger partial charge in [-0.2, -0.15) is 5.10 Å². The maximum Gasteiger partial charge on any atom is 0.278 e. The van der Waals surface area contributed by atoms with Crippen LogP contribution >= 0.6 is 0 Å². The van der Waals surface area contributed by atoms with Crippen LogP contribution < -0.4 is 10.1 Å². The van der Waals surface area contributed by atoms with E-state index >= 15 is 0 Å². The Morgan fingerprint density at radius 2 is 1.96 bits per heavy atom. The number of piperidine rings is 1.